The topological polar surface area (TPSA) is 179 Å². The normalized spacial score (nSPS) is 20.8. The largest absolute Gasteiger partial charge is 0.507 e. The van der Waals surface area contributed by atoms with Gasteiger partial charge < -0.3 is 36.2 Å². The Hall–Kier alpha value is -4.51. The summed E-state index contributed by atoms with van der Waals surface area (Å²) >= 11 is 0. The number of ketones is 2. The average molecular weight is 615 g/mol. The van der Waals surface area contributed by atoms with Gasteiger partial charge in [-0.05, 0) is 78.6 Å². The number of carbonyl (C=O) groups is 3. The highest BCUT2D eigenvalue weighted by atomic mass is 16.5. The van der Waals surface area contributed by atoms with E-state index in [9.17, 15) is 34.8 Å². The number of ether oxygens (including phenoxy) is 1. The predicted octanol–water partition coefficient (Wildman–Crippen LogP) is 2.99. The number of fused-ring (bicyclic) bond motifs is 2. The molecule has 0 spiro atoms. The summed E-state index contributed by atoms with van der Waals surface area (Å²) in [6.45, 7) is 0.964. The molecule has 0 saturated heterocycles. The first-order chi connectivity index (χ1) is 21.6. The molecule has 10 nitrogen and oxygen atoms in total. The highest BCUT2D eigenvalue weighted by Crippen LogP contribution is 2.51. The third-order valence-corrected chi connectivity index (χ3v) is 8.95. The highest BCUT2D eigenvalue weighted by Gasteiger charge is 2.57. The molecule has 0 radical (unpaired) electrons. The number of nitrogens with one attached hydrogen (secondary N) is 1. The van der Waals surface area contributed by atoms with Crippen molar-refractivity contribution in [2.75, 3.05) is 20.3 Å². The summed E-state index contributed by atoms with van der Waals surface area (Å²) in [7, 11) is 1.56. The molecule has 5 rings (SSSR count). The highest BCUT2D eigenvalue weighted by molar-refractivity contribution is 6.23. The zero-order valence-corrected chi connectivity index (χ0v) is 25.1. The summed E-state index contributed by atoms with van der Waals surface area (Å²) < 4.78 is 5.70. The Morgan fingerprint density at radius 1 is 1.04 bits per heavy atom. The molecule has 2 aliphatic carbocycles. The summed E-state index contributed by atoms with van der Waals surface area (Å²) in [5, 5.41) is 47.1. The Morgan fingerprint density at radius 2 is 1.80 bits per heavy atom. The fraction of sp³-hybridized carbons (Fsp3) is 0.343. The molecule has 0 bridgehead atoms. The van der Waals surface area contributed by atoms with E-state index in [0.29, 0.717) is 23.4 Å². The van der Waals surface area contributed by atoms with Gasteiger partial charge in [0.05, 0.1) is 19.1 Å². The number of aromatic hydroxyl groups is 1. The van der Waals surface area contributed by atoms with Crippen molar-refractivity contribution in [3.05, 3.63) is 88.5 Å². The van der Waals surface area contributed by atoms with E-state index in [1.54, 1.807) is 13.2 Å². The van der Waals surface area contributed by atoms with Gasteiger partial charge in [-0.15, -0.1) is 0 Å². The number of aliphatic hydroxyl groups excluding tert-OH is 2. The van der Waals surface area contributed by atoms with Crippen LogP contribution in [0.25, 0.3) is 16.9 Å². The molecule has 45 heavy (non-hydrogen) atoms. The maximum Gasteiger partial charge on any atom is 0.225 e. The van der Waals surface area contributed by atoms with Gasteiger partial charge in [0.15, 0.2) is 11.4 Å². The third kappa shape index (κ3) is 6.09. The molecular weight excluding hydrogens is 576 g/mol. The van der Waals surface area contributed by atoms with Crippen molar-refractivity contribution in [2.24, 2.45) is 17.6 Å². The summed E-state index contributed by atoms with van der Waals surface area (Å²) in [6.07, 6.45) is 0.207. The molecule has 3 aromatic rings. The standard InChI is InChI=1S/C35H38N2O8/c1-45-28-10-7-21(19-37-13-11-20-5-3-2-4-6-20)15-25(28)24-8-9-27(39)32-26(24)17-22-16-23(12-14-38)35(44,29(40)18-30(36)41)34(43)31(22)33(32)42/h2-10,15,22-23,37-39,42,44H,11-14,16-19H2,1H3,(H2,36,41)/t22-,23-,35-/m1/s1. The number of nitrogens with two attached hydrogens (primary N) is 1. The van der Waals surface area contributed by atoms with Crippen molar-refractivity contribution in [2.45, 2.75) is 44.2 Å². The molecule has 0 unspecified atom stereocenters. The van der Waals surface area contributed by atoms with Crippen molar-refractivity contribution in [1.82, 2.24) is 5.32 Å². The maximum absolute atomic E-state index is 13.8. The zero-order valence-electron chi connectivity index (χ0n) is 25.1. The van der Waals surface area contributed by atoms with Crippen LogP contribution in [0, 0.1) is 11.8 Å². The van der Waals surface area contributed by atoms with Crippen LogP contribution in [0.3, 0.4) is 0 Å². The number of primary amides is 1. The van der Waals surface area contributed by atoms with Crippen molar-refractivity contribution in [1.29, 1.82) is 0 Å². The second kappa shape index (κ2) is 13.2. The second-order valence-corrected chi connectivity index (χ2v) is 11.7. The molecule has 3 atom stereocenters. The molecule has 0 heterocycles. The van der Waals surface area contributed by atoms with Crippen LogP contribution in [0.15, 0.2) is 66.2 Å². The van der Waals surface area contributed by atoms with Gasteiger partial charge in [0, 0.05) is 30.2 Å². The number of aliphatic hydroxyl groups is 3. The minimum atomic E-state index is -2.65. The Labute approximate surface area is 261 Å². The summed E-state index contributed by atoms with van der Waals surface area (Å²) in [6, 6.07) is 19.1. The molecular formula is C35H38N2O8. The molecule has 7 N–H and O–H groups in total. The number of rotatable bonds is 12. The van der Waals surface area contributed by atoms with Crippen LogP contribution in [0.1, 0.15) is 41.5 Å². The van der Waals surface area contributed by atoms with Crippen molar-refractivity contribution < 1.29 is 39.5 Å². The van der Waals surface area contributed by atoms with Crippen molar-refractivity contribution in [3.63, 3.8) is 0 Å². The second-order valence-electron chi connectivity index (χ2n) is 11.7. The third-order valence-electron chi connectivity index (χ3n) is 8.95. The minimum absolute atomic E-state index is 0.0332. The molecule has 10 heteroatoms. The summed E-state index contributed by atoms with van der Waals surface area (Å²) in [5.74, 6) is -5.00. The van der Waals surface area contributed by atoms with Crippen LogP contribution in [0.4, 0.5) is 0 Å². The molecule has 2 aliphatic rings. The fourth-order valence-electron chi connectivity index (χ4n) is 6.75. The van der Waals surface area contributed by atoms with Gasteiger partial charge in [-0.1, -0.05) is 42.5 Å². The van der Waals surface area contributed by atoms with Gasteiger partial charge in [0.2, 0.25) is 11.7 Å². The SMILES string of the molecule is COc1ccc(CNCCc2ccccc2)cc1-c1ccc(O)c2c1C[C@H]1C[C@@H](CCO)[C@@](O)(C(=O)CC(N)=O)C(=O)C1=C2O. The number of phenolic OH excluding ortho intramolecular Hbond substituents is 1. The monoisotopic (exact) mass is 614 g/mol. The predicted molar refractivity (Wildman–Crippen MR) is 167 cm³/mol. The van der Waals surface area contributed by atoms with E-state index in [1.165, 1.54) is 11.6 Å². The number of hydrogen-bond donors (Lipinski definition) is 6. The Kier molecular flexibility index (Phi) is 9.38. The van der Waals surface area contributed by atoms with Gasteiger partial charge in [-0.2, -0.15) is 0 Å². The number of phenols is 1. The summed E-state index contributed by atoms with van der Waals surface area (Å²) in [5.41, 5.74) is 6.62. The average Bonchev–Trinajstić information content (AvgIpc) is 3.02. The quantitative estimate of drug-likeness (QED) is 0.132. The van der Waals surface area contributed by atoms with E-state index < -0.39 is 53.7 Å². The van der Waals surface area contributed by atoms with E-state index in [1.807, 2.05) is 36.4 Å². The van der Waals surface area contributed by atoms with E-state index in [-0.39, 0.29) is 36.1 Å². The van der Waals surface area contributed by atoms with E-state index in [2.05, 4.69) is 17.4 Å². The first-order valence-corrected chi connectivity index (χ1v) is 15.0. The molecule has 236 valence electrons. The number of benzene rings is 3. The van der Waals surface area contributed by atoms with E-state index >= 15 is 0 Å². The zero-order chi connectivity index (χ0) is 32.3. The number of Topliss-reactive ketones (excluding diaryl/α,β-unsaturated/α-hetero) is 2. The molecule has 3 aromatic carbocycles. The van der Waals surface area contributed by atoms with E-state index in [4.69, 9.17) is 10.5 Å². The van der Waals surface area contributed by atoms with Gasteiger partial charge in [-0.25, -0.2) is 0 Å². The molecule has 0 aliphatic heterocycles. The molecule has 0 aromatic heterocycles. The maximum atomic E-state index is 13.8. The molecule has 1 amide bonds. The van der Waals surface area contributed by atoms with Gasteiger partial charge in [0.25, 0.3) is 0 Å². The first kappa shape index (κ1) is 31.9. The van der Waals surface area contributed by atoms with Crippen LogP contribution in [-0.4, -0.2) is 63.8 Å². The van der Waals surface area contributed by atoms with Crippen LogP contribution in [0.2, 0.25) is 0 Å². The fourth-order valence-corrected chi connectivity index (χ4v) is 6.75. The van der Waals surface area contributed by atoms with Gasteiger partial charge >= 0.3 is 0 Å². The number of carbonyl (C=O) groups excluding carboxylic acids is 3. The lowest BCUT2D eigenvalue weighted by molar-refractivity contribution is -0.159. The van der Waals surface area contributed by atoms with Crippen LogP contribution < -0.4 is 15.8 Å². The number of hydrogen-bond acceptors (Lipinski definition) is 9. The Balaban J connectivity index is 1.52. The van der Waals surface area contributed by atoms with Crippen LogP contribution in [0.5, 0.6) is 11.5 Å². The summed E-state index contributed by atoms with van der Waals surface area (Å²) in [4.78, 5) is 38.3. The minimum Gasteiger partial charge on any atom is -0.507 e. The lowest BCUT2D eigenvalue weighted by Crippen LogP contribution is -2.59. The van der Waals surface area contributed by atoms with Crippen molar-refractivity contribution >= 4 is 23.2 Å². The van der Waals surface area contributed by atoms with E-state index in [0.717, 1.165) is 24.1 Å². The Morgan fingerprint density at radius 3 is 2.49 bits per heavy atom. The Bertz CT molecular complexity index is 1650. The first-order valence-electron chi connectivity index (χ1n) is 15.0. The lowest BCUT2D eigenvalue weighted by atomic mass is 9.61. The lowest BCUT2D eigenvalue weighted by Gasteiger charge is -2.43. The number of methoxy groups -OCH3 is 1. The van der Waals surface area contributed by atoms with Crippen LogP contribution >= 0.6 is 0 Å². The van der Waals surface area contributed by atoms with Gasteiger partial charge in [-0.3, -0.25) is 14.4 Å². The smallest absolute Gasteiger partial charge is 0.225 e. The van der Waals surface area contributed by atoms with Crippen molar-refractivity contribution in [3.8, 4) is 22.6 Å². The molecule has 1 saturated carbocycles. The molecule has 1 fully saturated rings. The number of amides is 1. The van der Waals surface area contributed by atoms with Crippen LogP contribution in [-0.2, 0) is 33.8 Å². The van der Waals surface area contributed by atoms with Gasteiger partial charge in [0.1, 0.15) is 17.3 Å².